The fraction of sp³-hybridized carbons (Fsp3) is 0.889. The fourth-order valence-electron chi connectivity index (χ4n) is 1.28. The van der Waals surface area contributed by atoms with E-state index >= 15 is 0 Å². The summed E-state index contributed by atoms with van der Waals surface area (Å²) >= 11 is 0. The quantitative estimate of drug-likeness (QED) is 0.621. The number of nitrogens with zero attached hydrogens (tertiary/aromatic N) is 1. The molecule has 0 aliphatic carbocycles. The van der Waals surface area contributed by atoms with Crippen molar-refractivity contribution in [2.24, 2.45) is 5.73 Å². The van der Waals surface area contributed by atoms with E-state index in [0.717, 1.165) is 13.0 Å². The number of amides is 1. The molecule has 0 saturated carbocycles. The average Bonchev–Trinajstić information content (AvgIpc) is 2.31. The lowest BCUT2D eigenvalue weighted by Crippen LogP contribution is -2.36. The highest BCUT2D eigenvalue weighted by molar-refractivity contribution is 5.68. The van der Waals surface area contributed by atoms with Crippen LogP contribution in [0.15, 0.2) is 0 Å². The number of hydrogen-bond acceptors (Lipinski definition) is 3. The summed E-state index contributed by atoms with van der Waals surface area (Å²) in [7, 11) is 0. The highest BCUT2D eigenvalue weighted by atomic mass is 16.6. The lowest BCUT2D eigenvalue weighted by atomic mass is 10.2. The number of rotatable bonds is 0. The van der Waals surface area contributed by atoms with Gasteiger partial charge in [-0.15, -0.1) is 0 Å². The van der Waals surface area contributed by atoms with Crippen LogP contribution in [0, 0.1) is 0 Å². The van der Waals surface area contributed by atoms with E-state index in [-0.39, 0.29) is 13.6 Å². The van der Waals surface area contributed by atoms with Gasteiger partial charge in [0.1, 0.15) is 5.60 Å². The van der Waals surface area contributed by atoms with Gasteiger partial charge in [0, 0.05) is 20.6 Å². The Balaban J connectivity index is 0.00000169. The maximum Gasteiger partial charge on any atom is 0.410 e. The first kappa shape index (κ1) is 10.3. The van der Waals surface area contributed by atoms with Crippen molar-refractivity contribution in [3.8, 4) is 0 Å². The number of nitrogens with two attached hydrogens (primary N) is 1. The minimum atomic E-state index is -0.413. The van der Waals surface area contributed by atoms with Gasteiger partial charge in [-0.25, -0.2) is 4.79 Å². The summed E-state index contributed by atoms with van der Waals surface area (Å²) in [4.78, 5) is 13.1. The Morgan fingerprint density at radius 3 is 2.62 bits per heavy atom. The molecule has 1 rings (SSSR count). The molecule has 2 N–H and O–H groups in total. The third-order valence-corrected chi connectivity index (χ3v) is 1.88. The van der Waals surface area contributed by atoms with E-state index in [1.807, 2.05) is 20.8 Å². The van der Waals surface area contributed by atoms with Crippen LogP contribution in [0.2, 0.25) is 0 Å². The molecule has 1 aliphatic heterocycles. The van der Waals surface area contributed by atoms with Crippen LogP contribution in [0.3, 0.4) is 0 Å². The van der Waals surface area contributed by atoms with Gasteiger partial charge in [-0.3, -0.25) is 0 Å². The van der Waals surface area contributed by atoms with Crippen molar-refractivity contribution in [1.82, 2.24) is 4.90 Å². The smallest absolute Gasteiger partial charge is 0.410 e. The third-order valence-electron chi connectivity index (χ3n) is 1.88. The molecule has 1 fully saturated rings. The van der Waals surface area contributed by atoms with Gasteiger partial charge in [0.15, 0.2) is 0 Å². The molecule has 1 saturated heterocycles. The highest BCUT2D eigenvalue weighted by Crippen LogP contribution is 2.13. The van der Waals surface area contributed by atoms with E-state index in [0.29, 0.717) is 6.54 Å². The summed E-state index contributed by atoms with van der Waals surface area (Å²) in [5, 5.41) is 0. The van der Waals surface area contributed by atoms with E-state index in [1.54, 1.807) is 4.90 Å². The van der Waals surface area contributed by atoms with E-state index < -0.39 is 5.60 Å². The zero-order valence-corrected chi connectivity index (χ0v) is 8.54. The lowest BCUT2D eigenvalue weighted by Gasteiger charge is -2.24. The SMILES string of the molecule is CC(C)(C)OC(=O)N1CC[C@@H](N)C1.[HH]. The zero-order valence-electron chi connectivity index (χ0n) is 8.54. The van der Waals surface area contributed by atoms with Crippen molar-refractivity contribution in [3.05, 3.63) is 0 Å². The van der Waals surface area contributed by atoms with Crippen LogP contribution in [0.1, 0.15) is 28.6 Å². The van der Waals surface area contributed by atoms with Crippen LogP contribution in [-0.4, -0.2) is 35.7 Å². The Morgan fingerprint density at radius 2 is 2.23 bits per heavy atom. The standard InChI is InChI=1S/C9H18N2O2.H2/c1-9(2,3)13-8(12)11-5-4-7(10)6-11;/h7H,4-6,10H2,1-3H3;1H/t7-;/m1./s1. The molecule has 4 heteroatoms. The minimum Gasteiger partial charge on any atom is -0.444 e. The first-order valence-corrected chi connectivity index (χ1v) is 4.62. The molecule has 13 heavy (non-hydrogen) atoms. The second kappa shape index (κ2) is 3.54. The van der Waals surface area contributed by atoms with E-state index in [1.165, 1.54) is 0 Å². The van der Waals surface area contributed by atoms with Gasteiger partial charge >= 0.3 is 6.09 Å². The lowest BCUT2D eigenvalue weighted by molar-refractivity contribution is 0.0293. The molecule has 0 bridgehead atoms. The van der Waals surface area contributed by atoms with Crippen LogP contribution in [0.25, 0.3) is 0 Å². The predicted molar refractivity (Wildman–Crippen MR) is 52.5 cm³/mol. The van der Waals surface area contributed by atoms with Crippen molar-refractivity contribution in [2.75, 3.05) is 13.1 Å². The molecule has 0 spiro atoms. The summed E-state index contributed by atoms with van der Waals surface area (Å²) in [6.07, 6.45) is 0.625. The fourth-order valence-corrected chi connectivity index (χ4v) is 1.28. The van der Waals surface area contributed by atoms with Gasteiger partial charge < -0.3 is 15.4 Å². The molecule has 0 aromatic carbocycles. The molecule has 1 heterocycles. The monoisotopic (exact) mass is 188 g/mol. The molecule has 1 atom stereocenters. The summed E-state index contributed by atoms with van der Waals surface area (Å²) in [5.41, 5.74) is 5.26. The van der Waals surface area contributed by atoms with Crippen LogP contribution in [0.5, 0.6) is 0 Å². The van der Waals surface area contributed by atoms with Crippen molar-refractivity contribution >= 4 is 6.09 Å². The number of carbonyl (C=O) groups excluding carboxylic acids is 1. The van der Waals surface area contributed by atoms with Gasteiger partial charge in [0.25, 0.3) is 0 Å². The average molecular weight is 188 g/mol. The van der Waals surface area contributed by atoms with E-state index in [2.05, 4.69) is 0 Å². The molecule has 1 aliphatic rings. The number of likely N-dealkylation sites (tertiary alicyclic amines) is 1. The second-order valence-corrected chi connectivity index (χ2v) is 4.48. The number of ether oxygens (including phenoxy) is 1. The van der Waals surface area contributed by atoms with Gasteiger partial charge in [-0.05, 0) is 27.2 Å². The Kier molecular flexibility index (Phi) is 2.81. The van der Waals surface area contributed by atoms with Gasteiger partial charge in [-0.2, -0.15) is 0 Å². The molecule has 4 nitrogen and oxygen atoms in total. The predicted octanol–water partition coefficient (Wildman–Crippen LogP) is 1.20. The van der Waals surface area contributed by atoms with E-state index in [9.17, 15) is 4.79 Å². The van der Waals surface area contributed by atoms with Crippen LogP contribution < -0.4 is 5.73 Å². The topological polar surface area (TPSA) is 55.6 Å². The molecule has 0 unspecified atom stereocenters. The Labute approximate surface area is 80.5 Å². The molecule has 78 valence electrons. The van der Waals surface area contributed by atoms with Gasteiger partial charge in [0.2, 0.25) is 0 Å². The van der Waals surface area contributed by atoms with Crippen molar-refractivity contribution in [1.29, 1.82) is 0 Å². The summed E-state index contributed by atoms with van der Waals surface area (Å²) in [6, 6.07) is 0.118. The second-order valence-electron chi connectivity index (χ2n) is 4.48. The van der Waals surface area contributed by atoms with Crippen LogP contribution in [0.4, 0.5) is 4.79 Å². The molecule has 0 aromatic rings. The highest BCUT2D eigenvalue weighted by Gasteiger charge is 2.27. The molecular weight excluding hydrogens is 168 g/mol. The summed E-state index contributed by atoms with van der Waals surface area (Å²) < 4.78 is 5.20. The van der Waals surface area contributed by atoms with Crippen LogP contribution in [-0.2, 0) is 4.74 Å². The first-order valence-electron chi connectivity index (χ1n) is 4.62. The van der Waals surface area contributed by atoms with E-state index in [4.69, 9.17) is 10.5 Å². The largest absolute Gasteiger partial charge is 0.444 e. The number of hydrogen-bond donors (Lipinski definition) is 1. The Bertz CT molecular complexity index is 203. The molecule has 0 aromatic heterocycles. The molecule has 1 amide bonds. The summed E-state index contributed by atoms with van der Waals surface area (Å²) in [5.74, 6) is 0. The molecular formula is C9H20N2O2. The van der Waals surface area contributed by atoms with Crippen LogP contribution >= 0.6 is 0 Å². The molecule has 0 radical (unpaired) electrons. The third kappa shape index (κ3) is 3.22. The van der Waals surface area contributed by atoms with Gasteiger partial charge in [-0.1, -0.05) is 0 Å². The maximum atomic E-state index is 11.5. The van der Waals surface area contributed by atoms with Crippen molar-refractivity contribution in [2.45, 2.75) is 38.8 Å². The summed E-state index contributed by atoms with van der Waals surface area (Å²) in [6.45, 7) is 6.92. The van der Waals surface area contributed by atoms with Gasteiger partial charge in [0.05, 0.1) is 0 Å². The Hall–Kier alpha value is -0.770. The normalized spacial score (nSPS) is 23.4. The maximum absolute atomic E-state index is 11.5. The number of carbonyl (C=O) groups is 1. The van der Waals surface area contributed by atoms with Crippen molar-refractivity contribution in [3.63, 3.8) is 0 Å². The Morgan fingerprint density at radius 1 is 1.62 bits per heavy atom. The minimum absolute atomic E-state index is 0. The zero-order chi connectivity index (χ0) is 10.1. The van der Waals surface area contributed by atoms with Crippen molar-refractivity contribution < 1.29 is 11.0 Å². The first-order chi connectivity index (χ1) is 5.88.